The summed E-state index contributed by atoms with van der Waals surface area (Å²) in [5.41, 5.74) is 10.3. The first-order valence-electron chi connectivity index (χ1n) is 9.00. The predicted molar refractivity (Wildman–Crippen MR) is 117 cm³/mol. The molecule has 3 aromatic carbocycles. The molecule has 0 saturated heterocycles. The van der Waals surface area contributed by atoms with Crippen LogP contribution in [-0.4, -0.2) is 18.9 Å². The summed E-state index contributed by atoms with van der Waals surface area (Å²) in [6, 6.07) is 22.0. The van der Waals surface area contributed by atoms with Crippen LogP contribution in [0.5, 0.6) is 0 Å². The molecule has 0 aromatic heterocycles. The van der Waals surface area contributed by atoms with Crippen molar-refractivity contribution in [2.24, 2.45) is 5.73 Å². The highest BCUT2D eigenvalue weighted by Crippen LogP contribution is 2.40. The van der Waals surface area contributed by atoms with Gasteiger partial charge in [-0.2, -0.15) is 0 Å². The molecule has 0 bridgehead atoms. The normalized spacial score (nSPS) is 14.2. The van der Waals surface area contributed by atoms with Gasteiger partial charge in [-0.05, 0) is 42.0 Å². The molecule has 0 saturated carbocycles. The van der Waals surface area contributed by atoms with Gasteiger partial charge >= 0.3 is 0 Å². The third kappa shape index (κ3) is 3.48. The zero-order valence-electron chi connectivity index (χ0n) is 15.6. The molecule has 29 heavy (non-hydrogen) atoms. The van der Waals surface area contributed by atoms with Crippen molar-refractivity contribution in [2.45, 2.75) is 0 Å². The summed E-state index contributed by atoms with van der Waals surface area (Å²) >= 11 is 6.10. The Morgan fingerprint density at radius 2 is 1.66 bits per heavy atom. The lowest BCUT2D eigenvalue weighted by Crippen LogP contribution is -2.20. The van der Waals surface area contributed by atoms with Crippen LogP contribution in [0.25, 0.3) is 11.3 Å². The number of benzene rings is 3. The van der Waals surface area contributed by atoms with Crippen LogP contribution in [0, 0.1) is 0 Å². The molecule has 144 valence electrons. The van der Waals surface area contributed by atoms with E-state index in [0.29, 0.717) is 21.8 Å². The summed E-state index contributed by atoms with van der Waals surface area (Å²) in [6.45, 7) is 0. The Bertz CT molecular complexity index is 1140. The summed E-state index contributed by atoms with van der Waals surface area (Å²) in [6.07, 6.45) is 0. The molecule has 6 heteroatoms. The fourth-order valence-corrected chi connectivity index (χ4v) is 3.63. The highest BCUT2D eigenvalue weighted by Gasteiger charge is 2.30. The van der Waals surface area contributed by atoms with Gasteiger partial charge in [0.15, 0.2) is 0 Å². The zero-order chi connectivity index (χ0) is 20.5. The first kappa shape index (κ1) is 18.8. The van der Waals surface area contributed by atoms with E-state index in [9.17, 15) is 9.59 Å². The molecule has 1 aliphatic rings. The smallest absolute Gasteiger partial charge is 0.258 e. The minimum Gasteiger partial charge on any atom is -0.366 e. The molecule has 5 nitrogen and oxygen atoms in total. The van der Waals surface area contributed by atoms with Crippen molar-refractivity contribution in [1.82, 2.24) is 0 Å². The third-order valence-electron chi connectivity index (χ3n) is 4.88. The quantitative estimate of drug-likeness (QED) is 0.634. The van der Waals surface area contributed by atoms with Crippen LogP contribution < -0.4 is 16.0 Å². The first-order chi connectivity index (χ1) is 14.0. The minimum absolute atomic E-state index is 0.193. The molecule has 4 rings (SSSR count). The van der Waals surface area contributed by atoms with Gasteiger partial charge in [-0.1, -0.05) is 48.0 Å². The molecule has 1 heterocycles. The Morgan fingerprint density at radius 3 is 2.31 bits per heavy atom. The highest BCUT2D eigenvalue weighted by molar-refractivity contribution is 6.38. The number of halogens is 1. The zero-order valence-corrected chi connectivity index (χ0v) is 16.4. The van der Waals surface area contributed by atoms with Crippen LogP contribution in [0.1, 0.15) is 21.5 Å². The van der Waals surface area contributed by atoms with Crippen molar-refractivity contribution in [3.05, 3.63) is 94.5 Å². The number of primary amides is 1. The fraction of sp³-hybridized carbons (Fsp3) is 0.0435. The van der Waals surface area contributed by atoms with Gasteiger partial charge in [0, 0.05) is 28.9 Å². The predicted octanol–water partition coefficient (Wildman–Crippen LogP) is 4.40. The Balaban J connectivity index is 1.91. The number of nitrogens with zero attached hydrogens (tertiary/aromatic N) is 1. The number of anilines is 2. The van der Waals surface area contributed by atoms with Crippen LogP contribution >= 0.6 is 11.6 Å². The summed E-state index contributed by atoms with van der Waals surface area (Å²) in [5, 5.41) is 3.46. The second-order valence-electron chi connectivity index (χ2n) is 6.70. The van der Waals surface area contributed by atoms with Gasteiger partial charge in [-0.3, -0.25) is 9.59 Å². The summed E-state index contributed by atoms with van der Waals surface area (Å²) in [4.78, 5) is 26.3. The second-order valence-corrected chi connectivity index (χ2v) is 7.14. The largest absolute Gasteiger partial charge is 0.366 e. The monoisotopic (exact) mass is 403 g/mol. The van der Waals surface area contributed by atoms with E-state index in [4.69, 9.17) is 17.3 Å². The van der Waals surface area contributed by atoms with E-state index in [-0.39, 0.29) is 5.91 Å². The average molecular weight is 404 g/mol. The SMILES string of the molecule is CN(C(=C1C(=O)Nc2cc(Cl)ccc21)c1ccccc1)c1ccc(C(N)=O)cc1. The summed E-state index contributed by atoms with van der Waals surface area (Å²) in [5.74, 6) is -0.677. The van der Waals surface area contributed by atoms with Crippen molar-refractivity contribution < 1.29 is 9.59 Å². The summed E-state index contributed by atoms with van der Waals surface area (Å²) in [7, 11) is 1.88. The van der Waals surface area contributed by atoms with Gasteiger partial charge in [0.05, 0.1) is 17.0 Å². The van der Waals surface area contributed by atoms with Crippen molar-refractivity contribution >= 4 is 46.1 Å². The first-order valence-corrected chi connectivity index (χ1v) is 9.38. The van der Waals surface area contributed by atoms with E-state index in [1.807, 2.05) is 48.3 Å². The molecule has 1 aliphatic heterocycles. The van der Waals surface area contributed by atoms with E-state index >= 15 is 0 Å². The third-order valence-corrected chi connectivity index (χ3v) is 5.12. The van der Waals surface area contributed by atoms with Gasteiger partial charge in [-0.15, -0.1) is 0 Å². The van der Waals surface area contributed by atoms with Crippen LogP contribution in [0.3, 0.4) is 0 Å². The van der Waals surface area contributed by atoms with E-state index in [2.05, 4.69) is 5.32 Å². The average Bonchev–Trinajstić information content (AvgIpc) is 3.04. The topological polar surface area (TPSA) is 75.4 Å². The van der Waals surface area contributed by atoms with Gasteiger partial charge in [0.25, 0.3) is 5.91 Å². The maximum atomic E-state index is 12.9. The number of nitrogens with one attached hydrogen (secondary N) is 1. The number of carbonyl (C=O) groups excluding carboxylic acids is 2. The van der Waals surface area contributed by atoms with Crippen LogP contribution in [0.15, 0.2) is 72.8 Å². The van der Waals surface area contributed by atoms with Crippen molar-refractivity contribution in [3.8, 4) is 0 Å². The molecule has 0 spiro atoms. The van der Waals surface area contributed by atoms with Crippen LogP contribution in [-0.2, 0) is 4.79 Å². The lowest BCUT2D eigenvalue weighted by molar-refractivity contribution is -0.110. The number of hydrogen-bond donors (Lipinski definition) is 2. The van der Waals surface area contributed by atoms with Crippen molar-refractivity contribution in [2.75, 3.05) is 17.3 Å². The molecular formula is C23H18ClN3O2. The molecule has 3 N–H and O–H groups in total. The lowest BCUT2D eigenvalue weighted by Gasteiger charge is -2.25. The van der Waals surface area contributed by atoms with Gasteiger partial charge in [-0.25, -0.2) is 0 Å². The molecule has 3 aromatic rings. The highest BCUT2D eigenvalue weighted by atomic mass is 35.5. The Hall–Kier alpha value is -3.57. The Kier molecular flexibility index (Phi) is 4.82. The second kappa shape index (κ2) is 7.45. The molecular weight excluding hydrogens is 386 g/mol. The maximum absolute atomic E-state index is 12.9. The number of hydrogen-bond acceptors (Lipinski definition) is 3. The van der Waals surface area contributed by atoms with E-state index in [0.717, 1.165) is 22.5 Å². The Labute approximate surface area is 173 Å². The van der Waals surface area contributed by atoms with Crippen LogP contribution in [0.4, 0.5) is 11.4 Å². The molecule has 0 fully saturated rings. The standard InChI is InChI=1S/C23H18ClN3O2/c1-27(17-10-7-15(8-11-17)22(25)28)21(14-5-3-2-4-6-14)20-18-12-9-16(24)13-19(18)26-23(20)29/h2-13H,1H3,(H2,25,28)(H,26,29). The van der Waals surface area contributed by atoms with Gasteiger partial charge in [0.2, 0.25) is 5.91 Å². The molecule has 0 atom stereocenters. The molecule has 0 unspecified atom stereocenters. The van der Waals surface area contributed by atoms with E-state index in [1.165, 1.54) is 0 Å². The molecule has 0 aliphatic carbocycles. The fourth-order valence-electron chi connectivity index (χ4n) is 3.46. The lowest BCUT2D eigenvalue weighted by atomic mass is 9.99. The number of fused-ring (bicyclic) bond motifs is 1. The minimum atomic E-state index is -0.484. The van der Waals surface area contributed by atoms with Crippen molar-refractivity contribution in [1.29, 1.82) is 0 Å². The van der Waals surface area contributed by atoms with E-state index in [1.54, 1.807) is 36.4 Å². The number of rotatable bonds is 4. The van der Waals surface area contributed by atoms with Gasteiger partial charge < -0.3 is 16.0 Å². The number of nitrogens with two attached hydrogens (primary N) is 1. The van der Waals surface area contributed by atoms with Crippen molar-refractivity contribution in [3.63, 3.8) is 0 Å². The Morgan fingerprint density at radius 1 is 0.966 bits per heavy atom. The number of amides is 2. The number of carbonyl (C=O) groups is 2. The maximum Gasteiger partial charge on any atom is 0.258 e. The molecule has 0 radical (unpaired) electrons. The van der Waals surface area contributed by atoms with Crippen LogP contribution in [0.2, 0.25) is 5.02 Å². The molecule has 2 amide bonds. The summed E-state index contributed by atoms with van der Waals surface area (Å²) < 4.78 is 0. The van der Waals surface area contributed by atoms with E-state index < -0.39 is 5.91 Å². The van der Waals surface area contributed by atoms with Gasteiger partial charge in [0.1, 0.15) is 0 Å².